The Morgan fingerprint density at radius 1 is 1.16 bits per heavy atom. The number of nitrogens with zero attached hydrogens (tertiary/aromatic N) is 7. The van der Waals surface area contributed by atoms with Crippen molar-refractivity contribution < 1.29 is 9.53 Å². The zero-order valence-corrected chi connectivity index (χ0v) is 17.7. The van der Waals surface area contributed by atoms with Gasteiger partial charge in [-0.2, -0.15) is 10.1 Å². The molecule has 3 aromatic heterocycles. The van der Waals surface area contributed by atoms with Gasteiger partial charge in [-0.3, -0.25) is 4.79 Å². The Bertz CT molecular complexity index is 1110. The molecule has 0 saturated carbocycles. The molecular weight excluding hydrogens is 396 g/mol. The average molecular weight is 422 g/mol. The fourth-order valence-electron chi connectivity index (χ4n) is 4.24. The first-order valence-electron chi connectivity index (χ1n) is 10.7. The van der Waals surface area contributed by atoms with Crippen LogP contribution in [0.1, 0.15) is 32.7 Å². The molecule has 3 aromatic rings. The number of ether oxygens (including phenoxy) is 1. The van der Waals surface area contributed by atoms with Gasteiger partial charge in [0.2, 0.25) is 11.8 Å². The molecule has 2 aliphatic rings. The molecule has 5 heterocycles. The number of hydrogen-bond acceptors (Lipinski definition) is 7. The first kappa shape index (κ1) is 19.5. The lowest BCUT2D eigenvalue weighted by Crippen LogP contribution is -2.38. The van der Waals surface area contributed by atoms with Crippen LogP contribution >= 0.6 is 0 Å². The van der Waals surface area contributed by atoms with Crippen molar-refractivity contribution in [1.29, 1.82) is 0 Å². The van der Waals surface area contributed by atoms with Crippen molar-refractivity contribution in [1.82, 2.24) is 29.3 Å². The van der Waals surface area contributed by atoms with Crippen molar-refractivity contribution in [3.8, 4) is 28.8 Å². The highest BCUT2D eigenvalue weighted by Gasteiger charge is 2.26. The van der Waals surface area contributed by atoms with E-state index >= 15 is 0 Å². The molecule has 0 atom stereocenters. The molecule has 0 aromatic carbocycles. The Labute approximate surface area is 180 Å². The number of rotatable bonds is 4. The lowest BCUT2D eigenvalue weighted by atomic mass is 9.96. The van der Waals surface area contributed by atoms with E-state index in [0.29, 0.717) is 19.0 Å². The molecule has 1 saturated heterocycles. The SMILES string of the molecule is CC(C)n1ncnc1-c1cn2c(n1)-c1ccc(N3CCC(C(N)=O)CC3)nc1OCC2. The maximum atomic E-state index is 11.4. The molecule has 1 amide bonds. The van der Waals surface area contributed by atoms with Crippen LogP contribution in [0, 0.1) is 5.92 Å². The van der Waals surface area contributed by atoms with E-state index in [9.17, 15) is 4.79 Å². The number of fused-ring (bicyclic) bond motifs is 3. The van der Waals surface area contributed by atoms with Crippen molar-refractivity contribution in [3.05, 3.63) is 24.7 Å². The molecule has 0 aliphatic carbocycles. The van der Waals surface area contributed by atoms with E-state index in [1.165, 1.54) is 0 Å². The first-order valence-corrected chi connectivity index (χ1v) is 10.7. The summed E-state index contributed by atoms with van der Waals surface area (Å²) in [5.74, 6) is 2.73. The van der Waals surface area contributed by atoms with Crippen LogP contribution in [0.25, 0.3) is 22.9 Å². The van der Waals surface area contributed by atoms with Gasteiger partial charge in [-0.05, 0) is 38.8 Å². The van der Waals surface area contributed by atoms with Gasteiger partial charge in [0.15, 0.2) is 5.82 Å². The number of primary amides is 1. The van der Waals surface area contributed by atoms with Gasteiger partial charge < -0.3 is 19.9 Å². The number of anilines is 1. The number of imidazole rings is 1. The number of pyridine rings is 1. The molecule has 0 bridgehead atoms. The molecule has 10 nitrogen and oxygen atoms in total. The molecule has 2 aliphatic heterocycles. The summed E-state index contributed by atoms with van der Waals surface area (Å²) < 4.78 is 9.92. The molecule has 2 N–H and O–H groups in total. The van der Waals surface area contributed by atoms with Crippen LogP contribution in [-0.2, 0) is 11.3 Å². The maximum Gasteiger partial charge on any atom is 0.226 e. The highest BCUT2D eigenvalue weighted by atomic mass is 16.5. The lowest BCUT2D eigenvalue weighted by molar-refractivity contribution is -0.122. The van der Waals surface area contributed by atoms with E-state index in [2.05, 4.69) is 33.4 Å². The van der Waals surface area contributed by atoms with Crippen molar-refractivity contribution in [2.45, 2.75) is 39.3 Å². The molecule has 5 rings (SSSR count). The minimum Gasteiger partial charge on any atom is -0.475 e. The second kappa shape index (κ2) is 7.68. The summed E-state index contributed by atoms with van der Waals surface area (Å²) in [6.07, 6.45) is 5.06. The summed E-state index contributed by atoms with van der Waals surface area (Å²) in [4.78, 5) is 27.7. The second-order valence-electron chi connectivity index (χ2n) is 8.30. The molecular formula is C21H26N8O2. The Morgan fingerprint density at radius 2 is 1.97 bits per heavy atom. The lowest BCUT2D eigenvalue weighted by Gasteiger charge is -2.31. The Kier molecular flexibility index (Phi) is 4.84. The predicted octanol–water partition coefficient (Wildman–Crippen LogP) is 1.88. The first-order chi connectivity index (χ1) is 15.0. The summed E-state index contributed by atoms with van der Waals surface area (Å²) in [6, 6.07) is 4.20. The summed E-state index contributed by atoms with van der Waals surface area (Å²) in [7, 11) is 0. The quantitative estimate of drug-likeness (QED) is 0.682. The van der Waals surface area contributed by atoms with Crippen molar-refractivity contribution in [2.75, 3.05) is 24.6 Å². The third-order valence-electron chi connectivity index (χ3n) is 5.95. The topological polar surface area (TPSA) is 117 Å². The molecule has 31 heavy (non-hydrogen) atoms. The number of carbonyl (C=O) groups excluding carboxylic acids is 1. The summed E-state index contributed by atoms with van der Waals surface area (Å²) in [5, 5.41) is 4.33. The number of nitrogens with two attached hydrogens (primary N) is 1. The summed E-state index contributed by atoms with van der Waals surface area (Å²) >= 11 is 0. The zero-order valence-electron chi connectivity index (χ0n) is 17.7. The minimum absolute atomic E-state index is 0.0490. The van der Waals surface area contributed by atoms with Crippen LogP contribution in [0.2, 0.25) is 0 Å². The number of aromatic nitrogens is 6. The van der Waals surface area contributed by atoms with Crippen LogP contribution in [0.15, 0.2) is 24.7 Å². The Hall–Kier alpha value is -3.43. The van der Waals surface area contributed by atoms with Crippen LogP contribution in [0.5, 0.6) is 5.88 Å². The largest absolute Gasteiger partial charge is 0.475 e. The third kappa shape index (κ3) is 3.51. The van der Waals surface area contributed by atoms with Crippen LogP contribution in [-0.4, -0.2) is 54.9 Å². The monoisotopic (exact) mass is 422 g/mol. The van der Waals surface area contributed by atoms with Gasteiger partial charge in [0, 0.05) is 31.2 Å². The van der Waals surface area contributed by atoms with Gasteiger partial charge >= 0.3 is 0 Å². The molecule has 0 spiro atoms. The molecule has 10 heteroatoms. The Balaban J connectivity index is 1.45. The van der Waals surface area contributed by atoms with Gasteiger partial charge in [-0.15, -0.1) is 0 Å². The number of hydrogen-bond donors (Lipinski definition) is 1. The van der Waals surface area contributed by atoms with Crippen molar-refractivity contribution in [2.24, 2.45) is 11.7 Å². The van der Waals surface area contributed by atoms with E-state index in [1.54, 1.807) is 6.33 Å². The zero-order chi connectivity index (χ0) is 21.5. The van der Waals surface area contributed by atoms with Gasteiger partial charge in [-0.1, -0.05) is 0 Å². The van der Waals surface area contributed by atoms with Crippen LogP contribution < -0.4 is 15.4 Å². The fraction of sp³-hybridized carbons (Fsp3) is 0.476. The van der Waals surface area contributed by atoms with E-state index in [1.807, 2.05) is 23.0 Å². The molecule has 0 radical (unpaired) electrons. The molecule has 0 unspecified atom stereocenters. The standard InChI is InChI=1S/C21H26N8O2/c1-13(2)29-20(23-12-24-29)16-11-28-9-10-31-21-15(19(28)25-16)3-4-17(26-21)27-7-5-14(6-8-27)18(22)30/h3-4,11-14H,5-10H2,1-2H3,(H2,22,30). The van der Waals surface area contributed by atoms with Crippen LogP contribution in [0.4, 0.5) is 5.82 Å². The predicted molar refractivity (Wildman–Crippen MR) is 114 cm³/mol. The van der Waals surface area contributed by atoms with Gasteiger partial charge in [0.25, 0.3) is 0 Å². The maximum absolute atomic E-state index is 11.4. The summed E-state index contributed by atoms with van der Waals surface area (Å²) in [5.41, 5.74) is 7.10. The number of carbonyl (C=O) groups is 1. The highest BCUT2D eigenvalue weighted by molar-refractivity contribution is 5.77. The van der Waals surface area contributed by atoms with Crippen molar-refractivity contribution >= 4 is 11.7 Å². The van der Waals surface area contributed by atoms with E-state index in [0.717, 1.165) is 54.7 Å². The van der Waals surface area contributed by atoms with Crippen molar-refractivity contribution in [3.63, 3.8) is 0 Å². The fourth-order valence-corrected chi connectivity index (χ4v) is 4.24. The molecule has 162 valence electrons. The van der Waals surface area contributed by atoms with E-state index in [4.69, 9.17) is 20.4 Å². The van der Waals surface area contributed by atoms with Gasteiger partial charge in [0.1, 0.15) is 30.3 Å². The van der Waals surface area contributed by atoms with E-state index in [-0.39, 0.29) is 17.9 Å². The van der Waals surface area contributed by atoms with Crippen LogP contribution in [0.3, 0.4) is 0 Å². The van der Waals surface area contributed by atoms with E-state index < -0.39 is 0 Å². The Morgan fingerprint density at radius 3 is 2.71 bits per heavy atom. The number of amides is 1. The second-order valence-corrected chi connectivity index (χ2v) is 8.30. The van der Waals surface area contributed by atoms with Gasteiger partial charge in [0.05, 0.1) is 12.1 Å². The number of piperidine rings is 1. The average Bonchev–Trinajstić information content (AvgIpc) is 3.38. The third-order valence-corrected chi connectivity index (χ3v) is 5.95. The minimum atomic E-state index is -0.214. The van der Waals surface area contributed by atoms with Gasteiger partial charge in [-0.25, -0.2) is 14.6 Å². The molecule has 1 fully saturated rings. The summed E-state index contributed by atoms with van der Waals surface area (Å²) in [6.45, 7) is 6.83. The smallest absolute Gasteiger partial charge is 0.226 e. The normalized spacial score (nSPS) is 16.5. The highest BCUT2D eigenvalue weighted by Crippen LogP contribution is 2.35.